The quantitative estimate of drug-likeness (QED) is 0.561. The first-order valence-electron chi connectivity index (χ1n) is 3.80. The number of carbonyl (C=O) groups is 1. The number of carbonyl (C=O) groups excluding carboxylic acids is 1. The lowest BCUT2D eigenvalue weighted by molar-refractivity contribution is 0.223. The van der Waals surface area contributed by atoms with E-state index in [4.69, 9.17) is 0 Å². The number of aromatic nitrogens is 2. The van der Waals surface area contributed by atoms with Crippen LogP contribution in [-0.2, 0) is 0 Å². The second kappa shape index (κ2) is 4.26. The topological polar surface area (TPSA) is 87.5 Å². The molecule has 0 aromatic carbocycles. The minimum atomic E-state index is -0.653. The first-order valence-corrected chi connectivity index (χ1v) is 3.80. The Balaban J connectivity index is 2.69. The van der Waals surface area contributed by atoms with Crippen LogP contribution in [0.25, 0.3) is 0 Å². The molecule has 1 aromatic rings. The van der Waals surface area contributed by atoms with Gasteiger partial charge in [0.2, 0.25) is 0 Å². The Morgan fingerprint density at radius 2 is 2.29 bits per heavy atom. The maximum absolute atomic E-state index is 11.1. The average Bonchev–Trinajstić information content (AvgIpc) is 2.16. The van der Waals surface area contributed by atoms with E-state index in [1.165, 1.54) is 13.2 Å². The summed E-state index contributed by atoms with van der Waals surface area (Å²) in [4.78, 5) is 28.9. The third-order valence-corrected chi connectivity index (χ3v) is 1.41. The molecule has 0 spiro atoms. The van der Waals surface area contributed by atoms with E-state index < -0.39 is 6.03 Å². The van der Waals surface area contributed by atoms with Crippen LogP contribution in [0.3, 0.4) is 0 Å². The summed E-state index contributed by atoms with van der Waals surface area (Å²) in [5.74, 6) is 0.283. The Bertz CT molecular complexity index is 354. The number of nitrogens with one attached hydrogen (secondary N) is 1. The van der Waals surface area contributed by atoms with Crippen LogP contribution in [0.1, 0.15) is 5.69 Å². The summed E-state index contributed by atoms with van der Waals surface area (Å²) in [7, 11) is 1.24. The number of aryl methyl sites for hydroxylation is 1. The third kappa shape index (κ3) is 2.47. The summed E-state index contributed by atoms with van der Waals surface area (Å²) >= 11 is 0. The van der Waals surface area contributed by atoms with Gasteiger partial charge in [0.15, 0.2) is 5.82 Å². The van der Waals surface area contributed by atoms with Gasteiger partial charge in [0.1, 0.15) is 0 Å². The molecule has 74 valence electrons. The lowest BCUT2D eigenvalue weighted by Crippen LogP contribution is -2.26. The molecule has 0 radical (unpaired) electrons. The molecule has 1 rings (SSSR count). The molecule has 1 heterocycles. The Hall–Kier alpha value is -2.05. The van der Waals surface area contributed by atoms with Gasteiger partial charge in [-0.1, -0.05) is 0 Å². The maximum Gasteiger partial charge on any atom is 0.345 e. The zero-order valence-corrected chi connectivity index (χ0v) is 7.76. The van der Waals surface area contributed by atoms with Crippen molar-refractivity contribution >= 4 is 11.8 Å². The first kappa shape index (κ1) is 10.0. The predicted octanol–water partition coefficient (Wildman–Crippen LogP) is 0.930. The average molecular weight is 195 g/mol. The minimum absolute atomic E-state index is 0.283. The normalized spacial score (nSPS) is 9.29. The van der Waals surface area contributed by atoms with Crippen molar-refractivity contribution in [3.05, 3.63) is 23.0 Å². The summed E-state index contributed by atoms with van der Waals surface area (Å²) in [6.45, 7) is 1.74. The number of hydrogen-bond donors (Lipinski definition) is 1. The number of hydrogen-bond acceptors (Lipinski definition) is 5. The van der Waals surface area contributed by atoms with Gasteiger partial charge in [-0.05, 0) is 6.92 Å². The highest BCUT2D eigenvalue weighted by atomic mass is 16.3. The van der Waals surface area contributed by atoms with Crippen LogP contribution in [0.4, 0.5) is 10.6 Å². The van der Waals surface area contributed by atoms with E-state index in [0.29, 0.717) is 10.7 Å². The van der Waals surface area contributed by atoms with Crippen molar-refractivity contribution in [1.82, 2.24) is 15.0 Å². The third-order valence-electron chi connectivity index (χ3n) is 1.41. The van der Waals surface area contributed by atoms with Gasteiger partial charge in [-0.25, -0.2) is 9.78 Å². The molecule has 7 nitrogen and oxygen atoms in total. The fourth-order valence-corrected chi connectivity index (χ4v) is 0.751. The van der Waals surface area contributed by atoms with Crippen molar-refractivity contribution in [2.75, 3.05) is 12.4 Å². The van der Waals surface area contributed by atoms with Crippen molar-refractivity contribution in [3.63, 3.8) is 0 Å². The molecule has 0 aliphatic carbocycles. The summed E-state index contributed by atoms with van der Waals surface area (Å²) in [5, 5.41) is 5.41. The van der Waals surface area contributed by atoms with Gasteiger partial charge in [0.05, 0.1) is 17.2 Å². The van der Waals surface area contributed by atoms with E-state index >= 15 is 0 Å². The number of nitroso groups, excluding NO2 is 1. The van der Waals surface area contributed by atoms with Gasteiger partial charge < -0.3 is 0 Å². The minimum Gasteiger partial charge on any atom is -0.289 e. The lowest BCUT2D eigenvalue weighted by Gasteiger charge is -2.07. The van der Waals surface area contributed by atoms with Crippen LogP contribution in [0, 0.1) is 11.8 Å². The van der Waals surface area contributed by atoms with Gasteiger partial charge in [-0.3, -0.25) is 10.3 Å². The van der Waals surface area contributed by atoms with Crippen molar-refractivity contribution in [3.8, 4) is 0 Å². The summed E-state index contributed by atoms with van der Waals surface area (Å²) in [5.41, 5.74) is 0.671. The molecule has 0 fully saturated rings. The molecule has 2 amide bonds. The fourth-order valence-electron chi connectivity index (χ4n) is 0.751. The molecular formula is C7H9N5O2. The Morgan fingerprint density at radius 3 is 2.86 bits per heavy atom. The molecule has 0 aliphatic heterocycles. The van der Waals surface area contributed by atoms with Gasteiger partial charge in [0, 0.05) is 13.2 Å². The molecule has 0 saturated carbocycles. The van der Waals surface area contributed by atoms with Crippen molar-refractivity contribution in [2.45, 2.75) is 6.92 Å². The Kier molecular flexibility index (Phi) is 3.05. The number of rotatable bonds is 2. The smallest absolute Gasteiger partial charge is 0.289 e. The number of nitrogens with zero attached hydrogens (tertiary/aromatic N) is 4. The number of anilines is 1. The second-order valence-corrected chi connectivity index (χ2v) is 2.58. The first-order chi connectivity index (χ1) is 6.63. The maximum atomic E-state index is 11.1. The van der Waals surface area contributed by atoms with Gasteiger partial charge in [-0.15, -0.1) is 4.91 Å². The Labute approximate surface area is 80.1 Å². The van der Waals surface area contributed by atoms with Crippen molar-refractivity contribution in [1.29, 1.82) is 0 Å². The van der Waals surface area contributed by atoms with E-state index in [9.17, 15) is 9.70 Å². The standard InChI is InChI=1S/C7H9N5O2/c1-5-3-8-4-6(9-5)10-7(13)12(2)11-14/h3-4H,1-2H3,(H,9,10,13). The summed E-state index contributed by atoms with van der Waals surface area (Å²) < 4.78 is 0. The van der Waals surface area contributed by atoms with Gasteiger partial charge in [-0.2, -0.15) is 5.01 Å². The zero-order chi connectivity index (χ0) is 10.6. The van der Waals surface area contributed by atoms with Crippen LogP contribution in [-0.4, -0.2) is 28.1 Å². The van der Waals surface area contributed by atoms with Gasteiger partial charge in [0.25, 0.3) is 0 Å². The molecule has 7 heteroatoms. The highest BCUT2D eigenvalue weighted by molar-refractivity contribution is 5.87. The van der Waals surface area contributed by atoms with Crippen molar-refractivity contribution < 1.29 is 4.79 Å². The molecule has 1 aromatic heterocycles. The molecule has 1 N–H and O–H groups in total. The van der Waals surface area contributed by atoms with Crippen LogP contribution in [0.15, 0.2) is 17.7 Å². The van der Waals surface area contributed by atoms with Crippen LogP contribution < -0.4 is 5.32 Å². The summed E-state index contributed by atoms with van der Waals surface area (Å²) in [6, 6.07) is -0.653. The number of amides is 2. The lowest BCUT2D eigenvalue weighted by atomic mass is 10.5. The van der Waals surface area contributed by atoms with E-state index in [1.54, 1.807) is 13.1 Å². The predicted molar refractivity (Wildman–Crippen MR) is 49.3 cm³/mol. The molecule has 14 heavy (non-hydrogen) atoms. The largest absolute Gasteiger partial charge is 0.345 e. The fraction of sp³-hybridized carbons (Fsp3) is 0.286. The monoisotopic (exact) mass is 195 g/mol. The van der Waals surface area contributed by atoms with E-state index in [1.807, 2.05) is 0 Å². The van der Waals surface area contributed by atoms with E-state index in [0.717, 1.165) is 0 Å². The molecule has 0 saturated heterocycles. The summed E-state index contributed by atoms with van der Waals surface area (Å²) in [6.07, 6.45) is 2.93. The van der Waals surface area contributed by atoms with E-state index in [-0.39, 0.29) is 5.82 Å². The highest BCUT2D eigenvalue weighted by Gasteiger charge is 2.08. The molecular weight excluding hydrogens is 186 g/mol. The van der Waals surface area contributed by atoms with Crippen LogP contribution in [0.2, 0.25) is 0 Å². The Morgan fingerprint density at radius 1 is 1.57 bits per heavy atom. The molecule has 0 unspecified atom stereocenters. The van der Waals surface area contributed by atoms with Crippen LogP contribution in [0.5, 0.6) is 0 Å². The molecule has 0 aliphatic rings. The zero-order valence-electron chi connectivity index (χ0n) is 7.76. The van der Waals surface area contributed by atoms with Crippen molar-refractivity contribution in [2.24, 2.45) is 5.29 Å². The van der Waals surface area contributed by atoms with Crippen LogP contribution >= 0.6 is 0 Å². The SMILES string of the molecule is Cc1cncc(NC(=O)N(C)N=O)n1. The van der Waals surface area contributed by atoms with Gasteiger partial charge >= 0.3 is 6.03 Å². The highest BCUT2D eigenvalue weighted by Crippen LogP contribution is 2.02. The second-order valence-electron chi connectivity index (χ2n) is 2.58. The molecule has 0 bridgehead atoms. The van der Waals surface area contributed by atoms with E-state index in [2.05, 4.69) is 20.6 Å². The molecule has 0 atom stereocenters. The number of urea groups is 1.